The molecule has 51 heavy (non-hydrogen) atoms. The van der Waals surface area contributed by atoms with Crippen LogP contribution in [0.2, 0.25) is 0 Å². The Hall–Kier alpha value is -6.26. The first-order valence-electron chi connectivity index (χ1n) is 15.4. The SMILES string of the molecule is N#CC1CC(F)(F)CN1C(=O)CNC(=O)c1ccnc2c(NC(=O)CCC(=O)N[C@@H](CCC(=O)O)C(=O)N[C@@H](CCC(=O)O)C(N)=O)cccc12. The number of primary amides is 1. The number of benzene rings is 1. The van der Waals surface area contributed by atoms with Gasteiger partial charge in [0.25, 0.3) is 11.8 Å². The van der Waals surface area contributed by atoms with Gasteiger partial charge in [-0.2, -0.15) is 5.26 Å². The van der Waals surface area contributed by atoms with E-state index < -0.39 is 123 Å². The number of amides is 6. The van der Waals surface area contributed by atoms with E-state index in [1.165, 1.54) is 30.5 Å². The number of carbonyl (C=O) groups is 8. The number of likely N-dealkylation sites (tertiary alicyclic amines) is 1. The highest BCUT2D eigenvalue weighted by Gasteiger charge is 2.47. The van der Waals surface area contributed by atoms with Gasteiger partial charge in [0.1, 0.15) is 18.1 Å². The lowest BCUT2D eigenvalue weighted by Crippen LogP contribution is -2.53. The van der Waals surface area contributed by atoms with Crippen LogP contribution in [0.5, 0.6) is 0 Å². The predicted octanol–water partition coefficient (Wildman–Crippen LogP) is -0.372. The summed E-state index contributed by atoms with van der Waals surface area (Å²) in [5.41, 5.74) is 5.53. The Bertz CT molecular complexity index is 1770. The van der Waals surface area contributed by atoms with Crippen molar-refractivity contribution in [1.82, 2.24) is 25.8 Å². The van der Waals surface area contributed by atoms with Crippen molar-refractivity contribution in [3.63, 3.8) is 0 Å². The number of nitrogens with zero attached hydrogens (tertiary/aromatic N) is 3. The topological polar surface area (TPSA) is 291 Å². The number of nitrogens with two attached hydrogens (primary N) is 1. The fourth-order valence-electron chi connectivity index (χ4n) is 5.09. The number of nitriles is 1. The van der Waals surface area contributed by atoms with E-state index in [4.69, 9.17) is 21.2 Å². The van der Waals surface area contributed by atoms with E-state index in [0.717, 1.165) is 0 Å². The van der Waals surface area contributed by atoms with Crippen molar-refractivity contribution < 1.29 is 57.4 Å². The fraction of sp³-hybridized carbons (Fsp3) is 0.419. The summed E-state index contributed by atoms with van der Waals surface area (Å²) in [7, 11) is 0. The van der Waals surface area contributed by atoms with Crippen LogP contribution in [-0.2, 0) is 33.6 Å². The van der Waals surface area contributed by atoms with E-state index >= 15 is 0 Å². The van der Waals surface area contributed by atoms with Crippen molar-refractivity contribution in [2.45, 2.75) is 69.0 Å². The summed E-state index contributed by atoms with van der Waals surface area (Å²) in [5.74, 6) is -11.0. The molecule has 2 heterocycles. The lowest BCUT2D eigenvalue weighted by molar-refractivity contribution is -0.139. The van der Waals surface area contributed by atoms with Gasteiger partial charge in [-0.15, -0.1) is 0 Å². The molecule has 1 unspecified atom stereocenters. The van der Waals surface area contributed by atoms with E-state index in [1.807, 2.05) is 0 Å². The highest BCUT2D eigenvalue weighted by Crippen LogP contribution is 2.31. The van der Waals surface area contributed by atoms with E-state index in [2.05, 4.69) is 26.3 Å². The summed E-state index contributed by atoms with van der Waals surface area (Å²) in [4.78, 5) is 102. The molecule has 3 atom stereocenters. The number of rotatable bonds is 17. The molecule has 0 spiro atoms. The maximum atomic E-state index is 13.7. The lowest BCUT2D eigenvalue weighted by Gasteiger charge is -2.21. The number of carbonyl (C=O) groups excluding carboxylic acids is 6. The van der Waals surface area contributed by atoms with E-state index in [-0.39, 0.29) is 28.6 Å². The normalized spacial score (nSPS) is 15.9. The van der Waals surface area contributed by atoms with Crippen LogP contribution in [0.15, 0.2) is 30.5 Å². The van der Waals surface area contributed by atoms with Crippen LogP contribution < -0.4 is 27.0 Å². The minimum absolute atomic E-state index is 0.0269. The second kappa shape index (κ2) is 17.4. The average molecular weight is 717 g/mol. The number of hydrogen-bond donors (Lipinski definition) is 7. The van der Waals surface area contributed by atoms with E-state index in [0.29, 0.717) is 4.90 Å². The molecule has 0 aliphatic carbocycles. The summed E-state index contributed by atoms with van der Waals surface area (Å²) >= 11 is 0. The number of nitrogens with one attached hydrogen (secondary N) is 4. The lowest BCUT2D eigenvalue weighted by atomic mass is 10.1. The van der Waals surface area contributed by atoms with Gasteiger partial charge in [-0.05, 0) is 25.0 Å². The molecule has 6 amide bonds. The summed E-state index contributed by atoms with van der Waals surface area (Å²) in [5, 5.41) is 36.7. The fourth-order valence-corrected chi connectivity index (χ4v) is 5.09. The molecular formula is C31H34F2N8O10. The van der Waals surface area contributed by atoms with E-state index in [1.54, 1.807) is 6.07 Å². The number of hydrogen-bond acceptors (Lipinski definition) is 10. The molecule has 0 saturated carbocycles. The van der Waals surface area contributed by atoms with Crippen LogP contribution in [0.25, 0.3) is 10.9 Å². The molecule has 1 fully saturated rings. The molecule has 1 aromatic carbocycles. The Morgan fingerprint density at radius 2 is 1.61 bits per heavy atom. The zero-order valence-electron chi connectivity index (χ0n) is 26.8. The van der Waals surface area contributed by atoms with Crippen LogP contribution in [0.1, 0.15) is 55.3 Å². The maximum Gasteiger partial charge on any atom is 0.303 e. The van der Waals surface area contributed by atoms with Gasteiger partial charge in [0, 0.05) is 43.7 Å². The molecule has 1 aliphatic rings. The second-order valence-corrected chi connectivity index (χ2v) is 11.5. The molecule has 2 aromatic rings. The van der Waals surface area contributed by atoms with Gasteiger partial charge in [0.2, 0.25) is 29.5 Å². The number of aromatic nitrogens is 1. The molecule has 8 N–H and O–H groups in total. The molecular weight excluding hydrogens is 682 g/mol. The smallest absolute Gasteiger partial charge is 0.303 e. The van der Waals surface area contributed by atoms with Crippen LogP contribution in [0, 0.1) is 11.3 Å². The molecule has 272 valence electrons. The Morgan fingerprint density at radius 1 is 0.961 bits per heavy atom. The van der Waals surface area contributed by atoms with Gasteiger partial charge < -0.3 is 42.1 Å². The van der Waals surface area contributed by atoms with Crippen molar-refractivity contribution in [1.29, 1.82) is 5.26 Å². The first kappa shape index (κ1) is 39.2. The molecule has 0 bridgehead atoms. The van der Waals surface area contributed by atoms with Gasteiger partial charge in [0.15, 0.2) is 0 Å². The third kappa shape index (κ3) is 11.4. The van der Waals surface area contributed by atoms with Gasteiger partial charge in [-0.3, -0.25) is 43.3 Å². The van der Waals surface area contributed by atoms with Gasteiger partial charge in [-0.1, -0.05) is 12.1 Å². The summed E-state index contributed by atoms with van der Waals surface area (Å²) in [6.45, 7) is -1.61. The second-order valence-electron chi connectivity index (χ2n) is 11.5. The number of alkyl halides is 2. The predicted molar refractivity (Wildman–Crippen MR) is 169 cm³/mol. The first-order chi connectivity index (χ1) is 24.0. The molecule has 1 saturated heterocycles. The Kier molecular flexibility index (Phi) is 13.4. The highest BCUT2D eigenvalue weighted by atomic mass is 19.3. The number of pyridine rings is 1. The Labute approximate surface area is 287 Å². The molecule has 20 heteroatoms. The van der Waals surface area contributed by atoms with Crippen LogP contribution in [0.3, 0.4) is 0 Å². The van der Waals surface area contributed by atoms with Crippen LogP contribution in [-0.4, -0.2) is 105 Å². The number of carboxylic acids is 2. The summed E-state index contributed by atoms with van der Waals surface area (Å²) in [6, 6.07) is 3.22. The number of para-hydroxylation sites is 1. The molecule has 1 aliphatic heterocycles. The van der Waals surface area contributed by atoms with Gasteiger partial charge >= 0.3 is 11.9 Å². The third-order valence-corrected chi connectivity index (χ3v) is 7.61. The average Bonchev–Trinajstić information content (AvgIpc) is 3.40. The summed E-state index contributed by atoms with van der Waals surface area (Å²) in [6.07, 6.45) is -2.28. The molecule has 18 nitrogen and oxygen atoms in total. The van der Waals surface area contributed by atoms with E-state index in [9.17, 15) is 47.1 Å². The number of fused-ring (bicyclic) bond motifs is 1. The van der Waals surface area contributed by atoms with Gasteiger partial charge in [0.05, 0.1) is 35.9 Å². The minimum atomic E-state index is -3.23. The first-order valence-corrected chi connectivity index (χ1v) is 15.4. The van der Waals surface area contributed by atoms with Crippen molar-refractivity contribution >= 4 is 64.0 Å². The van der Waals surface area contributed by atoms with Crippen LogP contribution >= 0.6 is 0 Å². The molecule has 3 rings (SSSR count). The van der Waals surface area contributed by atoms with Crippen molar-refractivity contribution in [2.24, 2.45) is 5.73 Å². The van der Waals surface area contributed by atoms with Crippen LogP contribution in [0.4, 0.5) is 14.5 Å². The zero-order chi connectivity index (χ0) is 37.9. The minimum Gasteiger partial charge on any atom is -0.481 e. The molecule has 1 aromatic heterocycles. The van der Waals surface area contributed by atoms with Crippen molar-refractivity contribution in [2.75, 3.05) is 18.4 Å². The molecule has 0 radical (unpaired) electrons. The van der Waals surface area contributed by atoms with Crippen molar-refractivity contribution in [3.8, 4) is 6.07 Å². The quantitative estimate of drug-likeness (QED) is 0.110. The Morgan fingerprint density at radius 3 is 2.24 bits per heavy atom. The largest absolute Gasteiger partial charge is 0.481 e. The maximum absolute atomic E-state index is 13.7. The number of aliphatic carboxylic acids is 2. The number of halogens is 2. The highest BCUT2D eigenvalue weighted by molar-refractivity contribution is 6.11. The number of carboxylic acid groups (broad SMARTS) is 2. The standard InChI is InChI=1S/C31H34F2N8O10/c32-31(33)12-16(13-34)41(15-31)24(44)14-37-29(50)18-10-11-36-27-17(18)2-1-3-19(27)38-22(42)6-7-23(43)39-21(5-9-26(47)48)30(51)40-20(28(35)49)4-8-25(45)46/h1-3,10-11,16,20-21H,4-9,12,14-15H2,(H2,35,49)(H,37,50)(H,38,42)(H,39,43)(H,40,51)(H,45,46)(H,47,48)/t16?,20-,21-/m0/s1. The third-order valence-electron chi connectivity index (χ3n) is 7.61. The zero-order valence-corrected chi connectivity index (χ0v) is 26.8. The monoisotopic (exact) mass is 716 g/mol. The van der Waals surface area contributed by atoms with Crippen molar-refractivity contribution in [3.05, 3.63) is 36.0 Å². The summed E-state index contributed by atoms with van der Waals surface area (Å²) < 4.78 is 27.5. The number of anilines is 1. The van der Waals surface area contributed by atoms with Gasteiger partial charge in [-0.25, -0.2) is 8.78 Å². The Balaban J connectivity index is 1.62.